The first kappa shape index (κ1) is 9.84. The Hall–Kier alpha value is -2.36. The van der Waals surface area contributed by atoms with Crippen LogP contribution in [0.4, 0.5) is 0 Å². The van der Waals surface area contributed by atoms with Gasteiger partial charge in [-0.1, -0.05) is 12.1 Å². The summed E-state index contributed by atoms with van der Waals surface area (Å²) in [6.07, 6.45) is 0. The van der Waals surface area contributed by atoms with Crippen molar-refractivity contribution in [2.75, 3.05) is 0 Å². The molecule has 2 heterocycles. The Morgan fingerprint density at radius 2 is 2.00 bits per heavy atom. The van der Waals surface area contributed by atoms with Gasteiger partial charge in [0.1, 0.15) is 5.58 Å². The SMILES string of the molecule is CC(=O)c1cc2c(=O)oc3ccccc3c2[nH]1. The van der Waals surface area contributed by atoms with E-state index >= 15 is 0 Å². The standard InChI is InChI=1S/C13H9NO3/c1-7(15)10-6-9-12(14-10)8-4-2-3-5-11(8)17-13(9)16/h2-6,14H,1H3. The summed E-state index contributed by atoms with van der Waals surface area (Å²) in [4.78, 5) is 26.0. The largest absolute Gasteiger partial charge is 0.422 e. The highest BCUT2D eigenvalue weighted by Gasteiger charge is 2.12. The fourth-order valence-corrected chi connectivity index (χ4v) is 1.93. The van der Waals surface area contributed by atoms with Crippen LogP contribution in [0, 0.1) is 0 Å². The molecule has 4 nitrogen and oxygen atoms in total. The van der Waals surface area contributed by atoms with Gasteiger partial charge < -0.3 is 9.40 Å². The van der Waals surface area contributed by atoms with E-state index in [9.17, 15) is 9.59 Å². The maximum atomic E-state index is 11.7. The van der Waals surface area contributed by atoms with Crippen molar-refractivity contribution < 1.29 is 9.21 Å². The van der Waals surface area contributed by atoms with E-state index in [1.54, 1.807) is 12.1 Å². The van der Waals surface area contributed by atoms with E-state index in [2.05, 4.69) is 4.98 Å². The van der Waals surface area contributed by atoms with Gasteiger partial charge in [0.05, 0.1) is 16.6 Å². The van der Waals surface area contributed by atoms with Gasteiger partial charge in [0.25, 0.3) is 0 Å². The number of fused-ring (bicyclic) bond motifs is 3. The summed E-state index contributed by atoms with van der Waals surface area (Å²) in [6, 6.07) is 8.77. The fourth-order valence-electron chi connectivity index (χ4n) is 1.93. The molecule has 2 aromatic heterocycles. The molecule has 0 amide bonds. The zero-order chi connectivity index (χ0) is 12.0. The van der Waals surface area contributed by atoms with E-state index in [1.807, 2.05) is 12.1 Å². The minimum absolute atomic E-state index is 0.107. The van der Waals surface area contributed by atoms with Crippen molar-refractivity contribution in [1.82, 2.24) is 4.98 Å². The predicted octanol–water partition coefficient (Wildman–Crippen LogP) is 2.48. The number of carbonyl (C=O) groups excluding carboxylic acids is 1. The highest BCUT2D eigenvalue weighted by molar-refractivity contribution is 6.06. The second kappa shape index (κ2) is 3.31. The van der Waals surface area contributed by atoms with Crippen LogP contribution in [0.25, 0.3) is 21.9 Å². The average molecular weight is 227 g/mol. The Bertz CT molecular complexity index is 795. The van der Waals surface area contributed by atoms with Crippen LogP contribution in [-0.2, 0) is 0 Å². The quantitative estimate of drug-likeness (QED) is 0.513. The van der Waals surface area contributed by atoms with Crippen LogP contribution < -0.4 is 5.63 Å². The number of aromatic amines is 1. The Balaban J connectivity index is 2.56. The lowest BCUT2D eigenvalue weighted by Crippen LogP contribution is -1.97. The number of hydrogen-bond acceptors (Lipinski definition) is 3. The molecule has 0 spiro atoms. The number of nitrogens with one attached hydrogen (secondary N) is 1. The number of aromatic nitrogens is 1. The summed E-state index contributed by atoms with van der Waals surface area (Å²) in [7, 11) is 0. The molecule has 0 saturated carbocycles. The molecule has 4 heteroatoms. The van der Waals surface area contributed by atoms with Gasteiger partial charge in [0.15, 0.2) is 5.78 Å². The van der Waals surface area contributed by atoms with Gasteiger partial charge >= 0.3 is 5.63 Å². The normalized spacial score (nSPS) is 11.1. The van der Waals surface area contributed by atoms with Gasteiger partial charge in [-0.15, -0.1) is 0 Å². The van der Waals surface area contributed by atoms with Gasteiger partial charge in [0, 0.05) is 12.3 Å². The first-order chi connectivity index (χ1) is 8.16. The predicted molar refractivity (Wildman–Crippen MR) is 64.3 cm³/mol. The molecule has 0 aliphatic carbocycles. The van der Waals surface area contributed by atoms with Crippen molar-refractivity contribution in [3.63, 3.8) is 0 Å². The van der Waals surface area contributed by atoms with Crippen LogP contribution in [-0.4, -0.2) is 10.8 Å². The van der Waals surface area contributed by atoms with E-state index in [4.69, 9.17) is 4.42 Å². The van der Waals surface area contributed by atoms with Crippen LogP contribution >= 0.6 is 0 Å². The summed E-state index contributed by atoms with van der Waals surface area (Å²) in [6.45, 7) is 1.45. The summed E-state index contributed by atoms with van der Waals surface area (Å²) < 4.78 is 5.18. The topological polar surface area (TPSA) is 63.1 Å². The smallest absolute Gasteiger partial charge is 0.345 e. The summed E-state index contributed by atoms with van der Waals surface area (Å²) in [5.41, 5.74) is 1.16. The number of ketones is 1. The Morgan fingerprint density at radius 3 is 2.76 bits per heavy atom. The maximum absolute atomic E-state index is 11.7. The third-order valence-corrected chi connectivity index (χ3v) is 2.78. The molecule has 0 saturated heterocycles. The van der Waals surface area contributed by atoms with Crippen molar-refractivity contribution in [2.45, 2.75) is 6.92 Å². The Labute approximate surface area is 95.9 Å². The number of H-pyrrole nitrogens is 1. The number of Topliss-reactive ketones (excluding diaryl/α,β-unsaturated/α-hetero) is 1. The number of benzene rings is 1. The van der Waals surface area contributed by atoms with Gasteiger partial charge in [-0.05, 0) is 18.2 Å². The average Bonchev–Trinajstić information content (AvgIpc) is 2.75. The van der Waals surface area contributed by atoms with E-state index in [0.29, 0.717) is 22.2 Å². The lowest BCUT2D eigenvalue weighted by atomic mass is 10.2. The summed E-state index contributed by atoms with van der Waals surface area (Å²) in [5.74, 6) is -0.107. The molecule has 0 aliphatic heterocycles. The molecule has 0 fully saturated rings. The summed E-state index contributed by atoms with van der Waals surface area (Å²) in [5, 5.41) is 1.21. The van der Waals surface area contributed by atoms with E-state index in [1.165, 1.54) is 13.0 Å². The van der Waals surface area contributed by atoms with Crippen molar-refractivity contribution in [2.24, 2.45) is 0 Å². The van der Waals surface area contributed by atoms with E-state index < -0.39 is 5.63 Å². The van der Waals surface area contributed by atoms with Crippen molar-refractivity contribution in [1.29, 1.82) is 0 Å². The number of para-hydroxylation sites is 1. The maximum Gasteiger partial charge on any atom is 0.345 e. The summed E-state index contributed by atoms with van der Waals surface area (Å²) >= 11 is 0. The van der Waals surface area contributed by atoms with E-state index in [0.717, 1.165) is 5.39 Å². The molecular weight excluding hydrogens is 218 g/mol. The zero-order valence-corrected chi connectivity index (χ0v) is 9.11. The molecule has 1 N–H and O–H groups in total. The van der Waals surface area contributed by atoms with Crippen LogP contribution in [0.15, 0.2) is 39.5 Å². The Morgan fingerprint density at radius 1 is 1.24 bits per heavy atom. The first-order valence-corrected chi connectivity index (χ1v) is 5.22. The molecule has 84 valence electrons. The van der Waals surface area contributed by atoms with Gasteiger partial charge in [0.2, 0.25) is 0 Å². The van der Waals surface area contributed by atoms with Crippen molar-refractivity contribution >= 4 is 27.7 Å². The Kier molecular flexibility index (Phi) is 1.92. The minimum Gasteiger partial charge on any atom is -0.422 e. The highest BCUT2D eigenvalue weighted by atomic mass is 16.4. The number of rotatable bonds is 1. The molecule has 0 unspecified atom stereocenters. The lowest BCUT2D eigenvalue weighted by molar-refractivity contribution is 0.101. The monoisotopic (exact) mass is 227 g/mol. The van der Waals surface area contributed by atoms with E-state index in [-0.39, 0.29) is 5.78 Å². The second-order valence-electron chi connectivity index (χ2n) is 3.91. The third-order valence-electron chi connectivity index (χ3n) is 2.78. The fraction of sp³-hybridized carbons (Fsp3) is 0.0769. The molecular formula is C13H9NO3. The molecule has 0 atom stereocenters. The molecule has 3 rings (SSSR count). The molecule has 17 heavy (non-hydrogen) atoms. The lowest BCUT2D eigenvalue weighted by Gasteiger charge is -1.96. The molecule has 3 aromatic rings. The molecule has 0 radical (unpaired) electrons. The molecule has 0 bridgehead atoms. The van der Waals surface area contributed by atoms with Crippen LogP contribution in [0.3, 0.4) is 0 Å². The van der Waals surface area contributed by atoms with Crippen LogP contribution in [0.1, 0.15) is 17.4 Å². The molecule has 1 aromatic carbocycles. The van der Waals surface area contributed by atoms with Crippen LogP contribution in [0.2, 0.25) is 0 Å². The van der Waals surface area contributed by atoms with Crippen LogP contribution in [0.5, 0.6) is 0 Å². The first-order valence-electron chi connectivity index (χ1n) is 5.22. The number of carbonyl (C=O) groups is 1. The number of hydrogen-bond donors (Lipinski definition) is 1. The van der Waals surface area contributed by atoms with Gasteiger partial charge in [-0.2, -0.15) is 0 Å². The van der Waals surface area contributed by atoms with Gasteiger partial charge in [-0.25, -0.2) is 4.79 Å². The van der Waals surface area contributed by atoms with Crippen molar-refractivity contribution in [3.8, 4) is 0 Å². The molecule has 0 aliphatic rings. The van der Waals surface area contributed by atoms with Gasteiger partial charge in [-0.3, -0.25) is 4.79 Å². The second-order valence-corrected chi connectivity index (χ2v) is 3.91. The zero-order valence-electron chi connectivity index (χ0n) is 9.11. The highest BCUT2D eigenvalue weighted by Crippen LogP contribution is 2.22. The van der Waals surface area contributed by atoms with Crippen molar-refractivity contribution in [3.05, 3.63) is 46.4 Å². The minimum atomic E-state index is -0.428. The third kappa shape index (κ3) is 1.38.